The Morgan fingerprint density at radius 1 is 1.61 bits per heavy atom. The summed E-state index contributed by atoms with van der Waals surface area (Å²) >= 11 is 0. The molecule has 0 radical (unpaired) electrons. The second-order valence-corrected chi connectivity index (χ2v) is 5.84. The maximum absolute atomic E-state index is 11.7. The molecule has 1 fully saturated rings. The minimum Gasteiger partial charge on any atom is -0.350 e. The summed E-state index contributed by atoms with van der Waals surface area (Å²) < 4.78 is 0. The van der Waals surface area contributed by atoms with Crippen molar-refractivity contribution in [1.82, 2.24) is 25.6 Å². The Bertz CT molecular complexity index is 395. The first-order valence-electron chi connectivity index (χ1n) is 6.36. The van der Waals surface area contributed by atoms with Crippen LogP contribution in [0.2, 0.25) is 0 Å². The van der Waals surface area contributed by atoms with Crippen LogP contribution < -0.4 is 5.32 Å². The molecule has 0 bridgehead atoms. The Balaban J connectivity index is 1.77. The highest BCUT2D eigenvalue weighted by Gasteiger charge is 2.30. The fraction of sp³-hybridized carbons (Fsp3) is 0.750. The quantitative estimate of drug-likeness (QED) is 0.827. The van der Waals surface area contributed by atoms with Gasteiger partial charge in [-0.15, -0.1) is 0 Å². The number of aromatic amines is 1. The second kappa shape index (κ2) is 5.06. The highest BCUT2D eigenvalue weighted by atomic mass is 16.1. The summed E-state index contributed by atoms with van der Waals surface area (Å²) in [5.74, 6) is 0.373. The largest absolute Gasteiger partial charge is 0.350 e. The third-order valence-corrected chi connectivity index (χ3v) is 3.43. The van der Waals surface area contributed by atoms with Gasteiger partial charge in [0, 0.05) is 18.6 Å². The molecule has 6 heteroatoms. The Morgan fingerprint density at radius 3 is 2.94 bits per heavy atom. The molecule has 6 nitrogen and oxygen atoms in total. The van der Waals surface area contributed by atoms with Crippen LogP contribution in [0.5, 0.6) is 0 Å². The van der Waals surface area contributed by atoms with E-state index < -0.39 is 0 Å². The third-order valence-electron chi connectivity index (χ3n) is 3.43. The number of carbonyl (C=O) groups excluding carboxylic acids is 1. The van der Waals surface area contributed by atoms with Crippen molar-refractivity contribution >= 4 is 5.91 Å². The molecule has 100 valence electrons. The lowest BCUT2D eigenvalue weighted by atomic mass is 10.1. The van der Waals surface area contributed by atoms with Crippen LogP contribution in [0.15, 0.2) is 6.20 Å². The van der Waals surface area contributed by atoms with Crippen molar-refractivity contribution in [2.45, 2.75) is 32.7 Å². The standard InChI is InChI=1S/C12H21N5O/c1-12(2,3)17-5-4-9(8-17)6-13-11(18)10-7-14-16-15-10/h7,9H,4-6,8H2,1-3H3,(H,13,18)(H,14,15,16). The molecule has 1 amide bonds. The van der Waals surface area contributed by atoms with E-state index in [4.69, 9.17) is 0 Å². The van der Waals surface area contributed by atoms with E-state index in [0.717, 1.165) is 19.5 Å². The molecule has 1 atom stereocenters. The lowest BCUT2D eigenvalue weighted by Gasteiger charge is -2.31. The number of nitrogens with zero attached hydrogens (tertiary/aromatic N) is 3. The zero-order valence-electron chi connectivity index (χ0n) is 11.2. The first-order valence-corrected chi connectivity index (χ1v) is 6.36. The molecule has 0 aromatic carbocycles. The van der Waals surface area contributed by atoms with Gasteiger partial charge in [-0.3, -0.25) is 9.69 Å². The van der Waals surface area contributed by atoms with Crippen molar-refractivity contribution in [3.8, 4) is 0 Å². The van der Waals surface area contributed by atoms with Crippen LogP contribution in [0.1, 0.15) is 37.7 Å². The molecule has 0 saturated carbocycles. The lowest BCUT2D eigenvalue weighted by molar-refractivity contribution is 0.0941. The van der Waals surface area contributed by atoms with Crippen LogP contribution in [-0.2, 0) is 0 Å². The summed E-state index contributed by atoms with van der Waals surface area (Å²) in [6.07, 6.45) is 2.57. The molecule has 1 aromatic heterocycles. The molecule has 2 heterocycles. The zero-order valence-corrected chi connectivity index (χ0v) is 11.2. The number of hydrogen-bond acceptors (Lipinski definition) is 4. The number of H-pyrrole nitrogens is 1. The summed E-state index contributed by atoms with van der Waals surface area (Å²) in [6, 6.07) is 0. The number of likely N-dealkylation sites (tertiary alicyclic amines) is 1. The number of hydrogen-bond donors (Lipinski definition) is 2. The summed E-state index contributed by atoms with van der Waals surface area (Å²) in [5.41, 5.74) is 0.561. The fourth-order valence-electron chi connectivity index (χ4n) is 2.25. The molecule has 0 spiro atoms. The predicted octanol–water partition coefficient (Wildman–Crippen LogP) is 0.655. The van der Waals surface area contributed by atoms with Crippen molar-refractivity contribution in [2.24, 2.45) is 5.92 Å². The normalized spacial score (nSPS) is 21.2. The van der Waals surface area contributed by atoms with Gasteiger partial charge in [0.05, 0.1) is 6.20 Å². The Kier molecular flexibility index (Phi) is 3.65. The van der Waals surface area contributed by atoms with E-state index >= 15 is 0 Å². The van der Waals surface area contributed by atoms with Crippen LogP contribution in [0, 0.1) is 5.92 Å². The van der Waals surface area contributed by atoms with Gasteiger partial charge in [-0.2, -0.15) is 15.4 Å². The van der Waals surface area contributed by atoms with E-state index in [-0.39, 0.29) is 11.4 Å². The summed E-state index contributed by atoms with van der Waals surface area (Å²) in [7, 11) is 0. The van der Waals surface area contributed by atoms with Crippen molar-refractivity contribution in [3.05, 3.63) is 11.9 Å². The van der Waals surface area contributed by atoms with Gasteiger partial charge in [-0.1, -0.05) is 0 Å². The molecular weight excluding hydrogens is 230 g/mol. The Hall–Kier alpha value is -1.43. The SMILES string of the molecule is CC(C)(C)N1CCC(CNC(=O)c2cn[nH]n2)C1. The molecule has 18 heavy (non-hydrogen) atoms. The molecule has 1 unspecified atom stereocenters. The van der Waals surface area contributed by atoms with Crippen LogP contribution in [0.25, 0.3) is 0 Å². The average Bonchev–Trinajstić information content (AvgIpc) is 2.96. The van der Waals surface area contributed by atoms with Crippen molar-refractivity contribution < 1.29 is 4.79 Å². The lowest BCUT2D eigenvalue weighted by Crippen LogP contribution is -2.40. The smallest absolute Gasteiger partial charge is 0.273 e. The highest BCUT2D eigenvalue weighted by Crippen LogP contribution is 2.23. The Labute approximate surface area is 107 Å². The van der Waals surface area contributed by atoms with E-state index in [1.54, 1.807) is 0 Å². The van der Waals surface area contributed by atoms with Crippen molar-refractivity contribution in [2.75, 3.05) is 19.6 Å². The maximum Gasteiger partial charge on any atom is 0.273 e. The van der Waals surface area contributed by atoms with Gasteiger partial charge in [0.25, 0.3) is 5.91 Å². The fourth-order valence-corrected chi connectivity index (χ4v) is 2.25. The number of amides is 1. The van der Waals surface area contributed by atoms with Gasteiger partial charge in [-0.05, 0) is 39.7 Å². The number of rotatable bonds is 3. The zero-order chi connectivity index (χ0) is 13.2. The van der Waals surface area contributed by atoms with E-state index in [1.165, 1.54) is 6.20 Å². The first-order chi connectivity index (χ1) is 8.47. The summed E-state index contributed by atoms with van der Waals surface area (Å²) in [6.45, 7) is 9.53. The van der Waals surface area contributed by atoms with Gasteiger partial charge in [0.2, 0.25) is 0 Å². The minimum absolute atomic E-state index is 0.155. The van der Waals surface area contributed by atoms with Crippen LogP contribution >= 0.6 is 0 Å². The predicted molar refractivity (Wildman–Crippen MR) is 68.1 cm³/mol. The second-order valence-electron chi connectivity index (χ2n) is 5.84. The highest BCUT2D eigenvalue weighted by molar-refractivity contribution is 5.91. The summed E-state index contributed by atoms with van der Waals surface area (Å²) in [4.78, 5) is 14.2. The molecular formula is C12H21N5O. The maximum atomic E-state index is 11.7. The molecule has 1 aromatic rings. The first kappa shape index (κ1) is 13.0. The topological polar surface area (TPSA) is 73.9 Å². The molecule has 1 saturated heterocycles. The van der Waals surface area contributed by atoms with Crippen LogP contribution in [0.3, 0.4) is 0 Å². The van der Waals surface area contributed by atoms with E-state index in [0.29, 0.717) is 18.2 Å². The van der Waals surface area contributed by atoms with Crippen molar-refractivity contribution in [3.63, 3.8) is 0 Å². The van der Waals surface area contributed by atoms with Crippen LogP contribution in [0.4, 0.5) is 0 Å². The van der Waals surface area contributed by atoms with E-state index in [1.807, 2.05) is 0 Å². The van der Waals surface area contributed by atoms with Gasteiger partial charge < -0.3 is 5.32 Å². The number of aromatic nitrogens is 3. The van der Waals surface area contributed by atoms with Gasteiger partial charge in [0.15, 0.2) is 5.69 Å². The van der Waals surface area contributed by atoms with Gasteiger partial charge in [0.1, 0.15) is 0 Å². The van der Waals surface area contributed by atoms with Crippen molar-refractivity contribution in [1.29, 1.82) is 0 Å². The monoisotopic (exact) mass is 251 g/mol. The Morgan fingerprint density at radius 2 is 2.39 bits per heavy atom. The molecule has 2 N–H and O–H groups in total. The molecule has 0 aliphatic carbocycles. The van der Waals surface area contributed by atoms with E-state index in [9.17, 15) is 4.79 Å². The van der Waals surface area contributed by atoms with Crippen LogP contribution in [-0.4, -0.2) is 51.4 Å². The third kappa shape index (κ3) is 3.07. The number of carbonyl (C=O) groups is 1. The molecule has 1 aliphatic rings. The molecule has 2 rings (SSSR count). The molecule has 1 aliphatic heterocycles. The minimum atomic E-state index is -0.155. The van der Waals surface area contributed by atoms with Gasteiger partial charge >= 0.3 is 0 Å². The number of nitrogens with one attached hydrogen (secondary N) is 2. The summed E-state index contributed by atoms with van der Waals surface area (Å²) in [5, 5.41) is 12.7. The average molecular weight is 251 g/mol. The van der Waals surface area contributed by atoms with Gasteiger partial charge in [-0.25, -0.2) is 0 Å². The van der Waals surface area contributed by atoms with E-state index in [2.05, 4.69) is 46.4 Å².